The lowest BCUT2D eigenvalue weighted by Crippen LogP contribution is -2.24. The molecule has 0 saturated carbocycles. The van der Waals surface area contributed by atoms with E-state index in [4.69, 9.17) is 0 Å². The molecule has 3 rings (SSSR count). The number of amides is 1. The summed E-state index contributed by atoms with van der Waals surface area (Å²) in [5.74, 6) is 0.0555. The molecule has 0 aliphatic rings. The standard InChI is InChI=1S/C24H24FNO/c25-24-13-11-20(12-14-24)17-23(22-9-5-2-6-10-22)15-16-26(19-27)18-21-7-3-1-4-8-21/h1-14,19,23H,15-18H2. The fourth-order valence-corrected chi connectivity index (χ4v) is 3.33. The summed E-state index contributed by atoms with van der Waals surface area (Å²) in [4.78, 5) is 13.4. The van der Waals surface area contributed by atoms with Gasteiger partial charge in [0.1, 0.15) is 5.82 Å². The number of rotatable bonds is 9. The molecule has 0 N–H and O–H groups in total. The van der Waals surface area contributed by atoms with Gasteiger partial charge in [-0.05, 0) is 47.6 Å². The second-order valence-electron chi connectivity index (χ2n) is 6.79. The molecule has 0 spiro atoms. The van der Waals surface area contributed by atoms with Crippen molar-refractivity contribution >= 4 is 6.41 Å². The second-order valence-corrected chi connectivity index (χ2v) is 6.79. The summed E-state index contributed by atoms with van der Waals surface area (Å²) in [6.45, 7) is 1.29. The van der Waals surface area contributed by atoms with Gasteiger partial charge in [0.05, 0.1) is 0 Å². The number of nitrogens with zero attached hydrogens (tertiary/aromatic N) is 1. The topological polar surface area (TPSA) is 20.3 Å². The molecule has 0 bridgehead atoms. The highest BCUT2D eigenvalue weighted by molar-refractivity contribution is 5.47. The maximum Gasteiger partial charge on any atom is 0.210 e. The fourth-order valence-electron chi connectivity index (χ4n) is 3.33. The van der Waals surface area contributed by atoms with Crippen LogP contribution in [0.2, 0.25) is 0 Å². The van der Waals surface area contributed by atoms with Crippen molar-refractivity contribution in [2.75, 3.05) is 6.54 Å². The molecular weight excluding hydrogens is 337 g/mol. The predicted molar refractivity (Wildman–Crippen MR) is 107 cm³/mol. The second kappa shape index (κ2) is 9.67. The zero-order valence-corrected chi connectivity index (χ0v) is 15.3. The van der Waals surface area contributed by atoms with E-state index in [1.165, 1.54) is 17.7 Å². The molecule has 1 atom stereocenters. The number of hydrogen-bond donors (Lipinski definition) is 0. The Kier molecular flexibility index (Phi) is 6.75. The van der Waals surface area contributed by atoms with Gasteiger partial charge in [0.2, 0.25) is 6.41 Å². The van der Waals surface area contributed by atoms with Crippen molar-refractivity contribution in [3.05, 3.63) is 107 Å². The van der Waals surface area contributed by atoms with Crippen molar-refractivity contribution in [3.63, 3.8) is 0 Å². The Balaban J connectivity index is 1.68. The Morgan fingerprint density at radius 1 is 0.815 bits per heavy atom. The monoisotopic (exact) mass is 361 g/mol. The summed E-state index contributed by atoms with van der Waals surface area (Å²) in [6.07, 6.45) is 2.60. The summed E-state index contributed by atoms with van der Waals surface area (Å²) in [5.41, 5.74) is 3.47. The van der Waals surface area contributed by atoms with Gasteiger partial charge >= 0.3 is 0 Å². The number of benzene rings is 3. The molecule has 1 unspecified atom stereocenters. The predicted octanol–water partition coefficient (Wildman–Crippen LogP) is 5.20. The van der Waals surface area contributed by atoms with Crippen LogP contribution < -0.4 is 0 Å². The molecule has 138 valence electrons. The molecule has 0 aliphatic carbocycles. The number of hydrogen-bond acceptors (Lipinski definition) is 1. The Labute approximate surface area is 160 Å². The van der Waals surface area contributed by atoms with Gasteiger partial charge in [-0.1, -0.05) is 72.8 Å². The third-order valence-electron chi connectivity index (χ3n) is 4.81. The van der Waals surface area contributed by atoms with E-state index in [0.29, 0.717) is 13.1 Å². The third-order valence-corrected chi connectivity index (χ3v) is 4.81. The van der Waals surface area contributed by atoms with Gasteiger partial charge in [-0.3, -0.25) is 4.79 Å². The van der Waals surface area contributed by atoms with Crippen molar-refractivity contribution in [2.24, 2.45) is 0 Å². The summed E-state index contributed by atoms with van der Waals surface area (Å²) >= 11 is 0. The highest BCUT2D eigenvalue weighted by Gasteiger charge is 2.14. The van der Waals surface area contributed by atoms with Crippen molar-refractivity contribution in [1.82, 2.24) is 4.90 Å². The molecule has 0 saturated heterocycles. The number of carbonyl (C=O) groups is 1. The molecule has 1 amide bonds. The third kappa shape index (κ3) is 5.78. The minimum Gasteiger partial charge on any atom is -0.341 e. The molecule has 0 aromatic heterocycles. The lowest BCUT2D eigenvalue weighted by Gasteiger charge is -2.23. The molecular formula is C24H24FNO. The van der Waals surface area contributed by atoms with Crippen LogP contribution in [0.3, 0.4) is 0 Å². The first kappa shape index (κ1) is 18.8. The largest absolute Gasteiger partial charge is 0.341 e. The highest BCUT2D eigenvalue weighted by atomic mass is 19.1. The van der Waals surface area contributed by atoms with Gasteiger partial charge in [-0.15, -0.1) is 0 Å². The Morgan fingerprint density at radius 3 is 2.07 bits per heavy atom. The van der Waals surface area contributed by atoms with Crippen molar-refractivity contribution in [3.8, 4) is 0 Å². The van der Waals surface area contributed by atoms with Gasteiger partial charge in [-0.2, -0.15) is 0 Å². The molecule has 0 heterocycles. The number of halogens is 1. The van der Waals surface area contributed by atoms with Crippen LogP contribution in [0.15, 0.2) is 84.9 Å². The van der Waals surface area contributed by atoms with E-state index < -0.39 is 0 Å². The highest BCUT2D eigenvalue weighted by Crippen LogP contribution is 2.25. The number of carbonyl (C=O) groups excluding carboxylic acids is 1. The van der Waals surface area contributed by atoms with E-state index in [2.05, 4.69) is 12.1 Å². The van der Waals surface area contributed by atoms with Crippen LogP contribution >= 0.6 is 0 Å². The minimum absolute atomic E-state index is 0.218. The van der Waals surface area contributed by atoms with Gasteiger partial charge in [0, 0.05) is 13.1 Å². The Morgan fingerprint density at radius 2 is 1.44 bits per heavy atom. The summed E-state index contributed by atoms with van der Waals surface area (Å²) in [5, 5.41) is 0. The van der Waals surface area contributed by atoms with Crippen LogP contribution in [0.5, 0.6) is 0 Å². The molecule has 2 nitrogen and oxygen atoms in total. The van der Waals surface area contributed by atoms with Gasteiger partial charge in [0.25, 0.3) is 0 Å². The molecule has 0 aliphatic heterocycles. The molecule has 3 heteroatoms. The van der Waals surface area contributed by atoms with Gasteiger partial charge < -0.3 is 4.90 Å². The fraction of sp³-hybridized carbons (Fsp3) is 0.208. The van der Waals surface area contributed by atoms with E-state index in [0.717, 1.165) is 30.4 Å². The van der Waals surface area contributed by atoms with Crippen LogP contribution in [-0.4, -0.2) is 17.9 Å². The first-order valence-corrected chi connectivity index (χ1v) is 9.27. The Bertz CT molecular complexity index is 818. The van der Waals surface area contributed by atoms with Crippen molar-refractivity contribution in [2.45, 2.75) is 25.3 Å². The van der Waals surface area contributed by atoms with Gasteiger partial charge in [0.15, 0.2) is 0 Å². The summed E-state index contributed by atoms with van der Waals surface area (Å²) < 4.78 is 13.2. The molecule has 0 fully saturated rings. The first-order valence-electron chi connectivity index (χ1n) is 9.27. The lowest BCUT2D eigenvalue weighted by atomic mass is 9.89. The van der Waals surface area contributed by atoms with E-state index >= 15 is 0 Å². The molecule has 3 aromatic carbocycles. The van der Waals surface area contributed by atoms with Crippen LogP contribution in [0.4, 0.5) is 4.39 Å². The summed E-state index contributed by atoms with van der Waals surface area (Å²) in [6, 6.07) is 27.0. The lowest BCUT2D eigenvalue weighted by molar-refractivity contribution is -0.118. The van der Waals surface area contributed by atoms with Crippen LogP contribution in [0.25, 0.3) is 0 Å². The minimum atomic E-state index is -0.218. The quantitative estimate of drug-likeness (QED) is 0.480. The Hall–Kier alpha value is -2.94. The van der Waals surface area contributed by atoms with E-state index in [1.807, 2.05) is 65.6 Å². The normalized spacial score (nSPS) is 11.7. The zero-order valence-electron chi connectivity index (χ0n) is 15.3. The smallest absolute Gasteiger partial charge is 0.210 e. The van der Waals surface area contributed by atoms with E-state index in [1.54, 1.807) is 0 Å². The maximum atomic E-state index is 13.2. The molecule has 27 heavy (non-hydrogen) atoms. The zero-order chi connectivity index (χ0) is 18.9. The maximum absolute atomic E-state index is 13.2. The van der Waals surface area contributed by atoms with Crippen LogP contribution in [0.1, 0.15) is 29.0 Å². The first-order chi connectivity index (χ1) is 13.2. The average Bonchev–Trinajstić information content (AvgIpc) is 2.73. The molecule has 3 aromatic rings. The van der Waals surface area contributed by atoms with Crippen molar-refractivity contribution in [1.29, 1.82) is 0 Å². The van der Waals surface area contributed by atoms with Crippen LogP contribution in [0, 0.1) is 5.82 Å². The summed E-state index contributed by atoms with van der Waals surface area (Å²) in [7, 11) is 0. The van der Waals surface area contributed by atoms with E-state index in [9.17, 15) is 9.18 Å². The van der Waals surface area contributed by atoms with E-state index in [-0.39, 0.29) is 11.7 Å². The SMILES string of the molecule is O=CN(CCC(Cc1ccc(F)cc1)c1ccccc1)Cc1ccccc1. The van der Waals surface area contributed by atoms with Crippen LogP contribution in [-0.2, 0) is 17.8 Å². The van der Waals surface area contributed by atoms with Crippen molar-refractivity contribution < 1.29 is 9.18 Å². The molecule has 0 radical (unpaired) electrons. The average molecular weight is 361 g/mol. The van der Waals surface area contributed by atoms with Gasteiger partial charge in [-0.25, -0.2) is 4.39 Å².